The van der Waals surface area contributed by atoms with Crippen LogP contribution in [0, 0.1) is 0 Å². The van der Waals surface area contributed by atoms with Crippen molar-refractivity contribution in [3.05, 3.63) is 35.4 Å². The normalized spacial score (nSPS) is 13.8. The Morgan fingerprint density at radius 1 is 1.11 bits per heavy atom. The standard InChI is InChI=1S/C14H23NO2S/c1-5-13-6-8-14(9-7-13)12(4)10-15-18(16,17)11(2)3/h6-9,11-12,15H,5,10H2,1-4H3. The lowest BCUT2D eigenvalue weighted by Crippen LogP contribution is -2.33. The topological polar surface area (TPSA) is 46.2 Å². The third kappa shape index (κ3) is 4.10. The summed E-state index contributed by atoms with van der Waals surface area (Å²) in [6.45, 7) is 7.97. The van der Waals surface area contributed by atoms with Gasteiger partial charge in [0.15, 0.2) is 0 Å². The molecule has 18 heavy (non-hydrogen) atoms. The minimum Gasteiger partial charge on any atom is -0.214 e. The smallest absolute Gasteiger partial charge is 0.213 e. The van der Waals surface area contributed by atoms with Gasteiger partial charge in [0.2, 0.25) is 10.0 Å². The fraction of sp³-hybridized carbons (Fsp3) is 0.571. The molecular formula is C14H23NO2S. The van der Waals surface area contributed by atoms with Gasteiger partial charge in [0.25, 0.3) is 0 Å². The highest BCUT2D eigenvalue weighted by Crippen LogP contribution is 2.16. The highest BCUT2D eigenvalue weighted by molar-refractivity contribution is 7.90. The summed E-state index contributed by atoms with van der Waals surface area (Å²) in [5.74, 6) is 0.185. The lowest BCUT2D eigenvalue weighted by atomic mass is 9.99. The van der Waals surface area contributed by atoms with Gasteiger partial charge < -0.3 is 0 Å². The number of rotatable bonds is 6. The Hall–Kier alpha value is -0.870. The largest absolute Gasteiger partial charge is 0.214 e. The van der Waals surface area contributed by atoms with Gasteiger partial charge in [0.1, 0.15) is 0 Å². The van der Waals surface area contributed by atoms with Crippen LogP contribution in [-0.2, 0) is 16.4 Å². The van der Waals surface area contributed by atoms with Gasteiger partial charge in [0, 0.05) is 6.54 Å². The Labute approximate surface area is 111 Å². The van der Waals surface area contributed by atoms with Gasteiger partial charge in [-0.15, -0.1) is 0 Å². The quantitative estimate of drug-likeness (QED) is 0.863. The van der Waals surface area contributed by atoms with E-state index in [0.717, 1.165) is 6.42 Å². The van der Waals surface area contributed by atoms with Crippen LogP contribution in [-0.4, -0.2) is 20.2 Å². The minimum absolute atomic E-state index is 0.185. The number of hydrogen-bond acceptors (Lipinski definition) is 2. The summed E-state index contributed by atoms with van der Waals surface area (Å²) in [7, 11) is -3.16. The number of sulfonamides is 1. The average molecular weight is 269 g/mol. The maximum atomic E-state index is 11.7. The van der Waals surface area contributed by atoms with Gasteiger partial charge in [0.05, 0.1) is 5.25 Å². The zero-order valence-electron chi connectivity index (χ0n) is 11.6. The molecule has 1 N–H and O–H groups in total. The monoisotopic (exact) mass is 269 g/mol. The van der Waals surface area contributed by atoms with E-state index in [2.05, 4.69) is 35.9 Å². The van der Waals surface area contributed by atoms with Gasteiger partial charge >= 0.3 is 0 Å². The average Bonchev–Trinajstić information content (AvgIpc) is 2.36. The van der Waals surface area contributed by atoms with E-state index in [9.17, 15) is 8.42 Å². The number of aryl methyl sites for hydroxylation is 1. The minimum atomic E-state index is -3.16. The number of benzene rings is 1. The summed E-state index contributed by atoms with van der Waals surface area (Å²) in [6.07, 6.45) is 1.02. The number of hydrogen-bond donors (Lipinski definition) is 1. The molecule has 1 aromatic rings. The van der Waals surface area contributed by atoms with Crippen molar-refractivity contribution in [2.24, 2.45) is 0 Å². The molecule has 0 bridgehead atoms. The van der Waals surface area contributed by atoms with E-state index >= 15 is 0 Å². The Balaban J connectivity index is 2.63. The van der Waals surface area contributed by atoms with Crippen LogP contribution in [0.4, 0.5) is 0 Å². The van der Waals surface area contributed by atoms with Crippen molar-refractivity contribution < 1.29 is 8.42 Å². The SMILES string of the molecule is CCc1ccc(C(C)CNS(=O)(=O)C(C)C)cc1. The molecule has 1 rings (SSSR count). The maximum Gasteiger partial charge on any atom is 0.213 e. The zero-order valence-corrected chi connectivity index (χ0v) is 12.4. The van der Waals surface area contributed by atoms with E-state index in [1.54, 1.807) is 13.8 Å². The predicted octanol–water partition coefficient (Wildman–Crippen LogP) is 2.68. The van der Waals surface area contributed by atoms with Crippen LogP contribution >= 0.6 is 0 Å². The Kier molecular flexibility index (Phi) is 5.35. The molecule has 0 spiro atoms. The zero-order chi connectivity index (χ0) is 13.8. The van der Waals surface area contributed by atoms with Crippen LogP contribution in [0.2, 0.25) is 0 Å². The number of nitrogens with one attached hydrogen (secondary N) is 1. The molecule has 102 valence electrons. The molecule has 4 heteroatoms. The molecule has 0 radical (unpaired) electrons. The van der Waals surface area contributed by atoms with Gasteiger partial charge in [-0.2, -0.15) is 0 Å². The first-order chi connectivity index (χ1) is 8.36. The lowest BCUT2D eigenvalue weighted by molar-refractivity contribution is 0.566. The molecule has 0 aliphatic heterocycles. The molecule has 1 unspecified atom stereocenters. The van der Waals surface area contributed by atoms with E-state index < -0.39 is 10.0 Å². The molecule has 0 amide bonds. The molecule has 0 aliphatic rings. The highest BCUT2D eigenvalue weighted by atomic mass is 32.2. The summed E-state index contributed by atoms with van der Waals surface area (Å²) < 4.78 is 26.0. The van der Waals surface area contributed by atoms with Crippen molar-refractivity contribution in [1.82, 2.24) is 4.72 Å². The second-order valence-electron chi connectivity index (χ2n) is 4.94. The summed E-state index contributed by atoms with van der Waals surface area (Å²) in [5.41, 5.74) is 2.47. The van der Waals surface area contributed by atoms with Crippen LogP contribution < -0.4 is 4.72 Å². The Morgan fingerprint density at radius 2 is 1.67 bits per heavy atom. The van der Waals surface area contributed by atoms with Crippen molar-refractivity contribution in [2.75, 3.05) is 6.54 Å². The first-order valence-electron chi connectivity index (χ1n) is 6.44. The molecule has 1 atom stereocenters. The first-order valence-corrected chi connectivity index (χ1v) is 7.98. The Morgan fingerprint density at radius 3 is 2.11 bits per heavy atom. The van der Waals surface area contributed by atoms with Gasteiger partial charge in [-0.3, -0.25) is 0 Å². The third-order valence-electron chi connectivity index (χ3n) is 3.17. The molecule has 0 aromatic heterocycles. The van der Waals surface area contributed by atoms with Crippen LogP contribution in [0.3, 0.4) is 0 Å². The molecule has 0 aliphatic carbocycles. The predicted molar refractivity (Wildman–Crippen MR) is 76.3 cm³/mol. The second-order valence-corrected chi connectivity index (χ2v) is 7.26. The van der Waals surface area contributed by atoms with E-state index in [1.165, 1.54) is 11.1 Å². The lowest BCUT2D eigenvalue weighted by Gasteiger charge is -2.15. The molecule has 3 nitrogen and oxygen atoms in total. The molecular weight excluding hydrogens is 246 g/mol. The second kappa shape index (κ2) is 6.34. The highest BCUT2D eigenvalue weighted by Gasteiger charge is 2.16. The van der Waals surface area contributed by atoms with Crippen LogP contribution in [0.25, 0.3) is 0 Å². The molecule has 0 heterocycles. The molecule has 1 aromatic carbocycles. The maximum absolute atomic E-state index is 11.7. The van der Waals surface area contributed by atoms with Crippen molar-refractivity contribution >= 4 is 10.0 Å². The fourth-order valence-corrected chi connectivity index (χ4v) is 2.42. The van der Waals surface area contributed by atoms with Gasteiger partial charge in [-0.1, -0.05) is 38.1 Å². The summed E-state index contributed by atoms with van der Waals surface area (Å²) in [6, 6.07) is 8.35. The van der Waals surface area contributed by atoms with E-state index in [4.69, 9.17) is 0 Å². The first kappa shape index (κ1) is 15.2. The van der Waals surface area contributed by atoms with E-state index in [-0.39, 0.29) is 11.2 Å². The van der Waals surface area contributed by atoms with Crippen molar-refractivity contribution in [1.29, 1.82) is 0 Å². The van der Waals surface area contributed by atoms with Crippen LogP contribution in [0.5, 0.6) is 0 Å². The van der Waals surface area contributed by atoms with Crippen LogP contribution in [0.1, 0.15) is 44.7 Å². The van der Waals surface area contributed by atoms with E-state index in [0.29, 0.717) is 6.54 Å². The van der Waals surface area contributed by atoms with Gasteiger partial charge in [-0.25, -0.2) is 13.1 Å². The fourth-order valence-electron chi connectivity index (χ4n) is 1.61. The van der Waals surface area contributed by atoms with Crippen molar-refractivity contribution in [2.45, 2.75) is 45.3 Å². The summed E-state index contributed by atoms with van der Waals surface area (Å²) >= 11 is 0. The Bertz CT molecular complexity index is 463. The molecule has 0 saturated heterocycles. The van der Waals surface area contributed by atoms with Crippen molar-refractivity contribution in [3.63, 3.8) is 0 Å². The van der Waals surface area contributed by atoms with Crippen LogP contribution in [0.15, 0.2) is 24.3 Å². The molecule has 0 fully saturated rings. The summed E-state index contributed by atoms with van der Waals surface area (Å²) in [4.78, 5) is 0. The van der Waals surface area contributed by atoms with E-state index in [1.807, 2.05) is 6.92 Å². The van der Waals surface area contributed by atoms with Gasteiger partial charge in [-0.05, 0) is 37.3 Å². The summed E-state index contributed by atoms with van der Waals surface area (Å²) in [5, 5.41) is -0.382. The third-order valence-corrected chi connectivity index (χ3v) is 4.98. The molecule has 0 saturated carbocycles. The van der Waals surface area contributed by atoms with Crippen molar-refractivity contribution in [3.8, 4) is 0 Å².